The van der Waals surface area contributed by atoms with E-state index in [1.807, 2.05) is 13.8 Å². The van der Waals surface area contributed by atoms with E-state index in [2.05, 4.69) is 0 Å². The van der Waals surface area contributed by atoms with Crippen LogP contribution in [0.1, 0.15) is 20.3 Å². The van der Waals surface area contributed by atoms with E-state index in [0.717, 1.165) is 19.5 Å². The molecule has 1 aliphatic rings. The van der Waals surface area contributed by atoms with E-state index in [-0.39, 0.29) is 6.03 Å². The van der Waals surface area contributed by atoms with E-state index in [1.54, 1.807) is 9.80 Å². The van der Waals surface area contributed by atoms with Crippen LogP contribution in [0.4, 0.5) is 4.79 Å². The first kappa shape index (κ1) is 12.3. The third-order valence-corrected chi connectivity index (χ3v) is 2.30. The standard InChI is InChI=1S/C10H20N2O3/c1-3-14-8-11-6-5-7-12(10(11)13)9-15-4-2/h3-9H2,1-2H3. The van der Waals surface area contributed by atoms with Crippen LogP contribution in [-0.4, -0.2) is 55.6 Å². The molecule has 0 spiro atoms. The molecule has 1 saturated heterocycles. The van der Waals surface area contributed by atoms with Crippen LogP contribution in [0.3, 0.4) is 0 Å². The summed E-state index contributed by atoms with van der Waals surface area (Å²) < 4.78 is 10.5. The van der Waals surface area contributed by atoms with Gasteiger partial charge in [-0.1, -0.05) is 0 Å². The molecule has 0 radical (unpaired) electrons. The topological polar surface area (TPSA) is 42.0 Å². The van der Waals surface area contributed by atoms with Crippen molar-refractivity contribution >= 4 is 6.03 Å². The van der Waals surface area contributed by atoms with Gasteiger partial charge < -0.3 is 19.3 Å². The molecule has 5 nitrogen and oxygen atoms in total. The monoisotopic (exact) mass is 216 g/mol. The SMILES string of the molecule is CCOCN1CCCN(COCC)C1=O. The van der Waals surface area contributed by atoms with Gasteiger partial charge in [-0.3, -0.25) is 0 Å². The smallest absolute Gasteiger partial charge is 0.323 e. The Morgan fingerprint density at radius 3 is 1.93 bits per heavy atom. The molecular weight excluding hydrogens is 196 g/mol. The molecular formula is C10H20N2O3. The van der Waals surface area contributed by atoms with Crippen molar-refractivity contribution < 1.29 is 14.3 Å². The van der Waals surface area contributed by atoms with Crippen molar-refractivity contribution in [1.29, 1.82) is 0 Å². The van der Waals surface area contributed by atoms with Crippen LogP contribution in [0.25, 0.3) is 0 Å². The fourth-order valence-corrected chi connectivity index (χ4v) is 1.49. The Balaban J connectivity index is 2.36. The van der Waals surface area contributed by atoms with Crippen LogP contribution in [0.5, 0.6) is 0 Å². The molecule has 5 heteroatoms. The summed E-state index contributed by atoms with van der Waals surface area (Å²) in [7, 11) is 0. The fraction of sp³-hybridized carbons (Fsp3) is 0.900. The molecule has 15 heavy (non-hydrogen) atoms. The third-order valence-electron chi connectivity index (χ3n) is 2.30. The second-order valence-electron chi connectivity index (χ2n) is 3.41. The molecule has 1 fully saturated rings. The lowest BCUT2D eigenvalue weighted by Crippen LogP contribution is -2.50. The van der Waals surface area contributed by atoms with E-state index >= 15 is 0 Å². The van der Waals surface area contributed by atoms with Gasteiger partial charge in [-0.2, -0.15) is 0 Å². The van der Waals surface area contributed by atoms with Crippen molar-refractivity contribution in [3.63, 3.8) is 0 Å². The molecule has 1 aliphatic heterocycles. The highest BCUT2D eigenvalue weighted by Crippen LogP contribution is 2.08. The number of carbonyl (C=O) groups is 1. The van der Waals surface area contributed by atoms with Crippen LogP contribution < -0.4 is 0 Å². The largest absolute Gasteiger partial charge is 0.361 e. The Bertz CT molecular complexity index is 181. The van der Waals surface area contributed by atoms with Crippen LogP contribution in [0, 0.1) is 0 Å². The minimum absolute atomic E-state index is 0.0168. The van der Waals surface area contributed by atoms with Gasteiger partial charge in [-0.15, -0.1) is 0 Å². The van der Waals surface area contributed by atoms with Crippen LogP contribution in [0.2, 0.25) is 0 Å². The number of hydrogen-bond acceptors (Lipinski definition) is 3. The molecule has 1 rings (SSSR count). The number of nitrogens with zero attached hydrogens (tertiary/aromatic N) is 2. The Kier molecular flexibility index (Phi) is 5.42. The van der Waals surface area contributed by atoms with Crippen molar-refractivity contribution in [2.24, 2.45) is 0 Å². The lowest BCUT2D eigenvalue weighted by Gasteiger charge is -2.34. The van der Waals surface area contributed by atoms with E-state index in [4.69, 9.17) is 9.47 Å². The van der Waals surface area contributed by atoms with Crippen LogP contribution >= 0.6 is 0 Å². The molecule has 0 aromatic rings. The minimum Gasteiger partial charge on any atom is -0.361 e. The maximum Gasteiger partial charge on any atom is 0.323 e. The van der Waals surface area contributed by atoms with E-state index < -0.39 is 0 Å². The molecule has 0 unspecified atom stereocenters. The Hall–Kier alpha value is -0.810. The van der Waals surface area contributed by atoms with Crippen molar-refractivity contribution in [2.75, 3.05) is 39.8 Å². The lowest BCUT2D eigenvalue weighted by molar-refractivity contribution is -0.00278. The summed E-state index contributed by atoms with van der Waals surface area (Å²) >= 11 is 0. The molecule has 0 aromatic carbocycles. The maximum absolute atomic E-state index is 11.8. The zero-order valence-electron chi connectivity index (χ0n) is 9.57. The van der Waals surface area contributed by atoms with Gasteiger partial charge in [-0.25, -0.2) is 4.79 Å². The highest BCUT2D eigenvalue weighted by molar-refractivity contribution is 5.74. The van der Waals surface area contributed by atoms with Gasteiger partial charge in [0.05, 0.1) is 0 Å². The average molecular weight is 216 g/mol. The van der Waals surface area contributed by atoms with Gasteiger partial charge in [0, 0.05) is 26.3 Å². The Morgan fingerprint density at radius 2 is 1.53 bits per heavy atom. The summed E-state index contributed by atoms with van der Waals surface area (Å²) in [4.78, 5) is 15.3. The minimum atomic E-state index is 0.0168. The van der Waals surface area contributed by atoms with E-state index in [1.165, 1.54) is 0 Å². The maximum atomic E-state index is 11.8. The van der Waals surface area contributed by atoms with Gasteiger partial charge in [-0.05, 0) is 20.3 Å². The molecule has 0 saturated carbocycles. The summed E-state index contributed by atoms with van der Waals surface area (Å²) in [5.41, 5.74) is 0. The number of amides is 2. The molecule has 0 aromatic heterocycles. The number of carbonyl (C=O) groups excluding carboxylic acids is 1. The zero-order valence-corrected chi connectivity index (χ0v) is 9.57. The summed E-state index contributed by atoms with van der Waals surface area (Å²) in [6.45, 7) is 7.45. The van der Waals surface area contributed by atoms with Crippen molar-refractivity contribution in [3.05, 3.63) is 0 Å². The van der Waals surface area contributed by atoms with E-state index in [0.29, 0.717) is 26.7 Å². The van der Waals surface area contributed by atoms with Crippen LogP contribution in [-0.2, 0) is 9.47 Å². The van der Waals surface area contributed by atoms with Crippen molar-refractivity contribution in [1.82, 2.24) is 9.80 Å². The normalized spacial score (nSPS) is 17.3. The van der Waals surface area contributed by atoms with Gasteiger partial charge in [0.2, 0.25) is 0 Å². The number of rotatable bonds is 6. The zero-order chi connectivity index (χ0) is 11.1. The summed E-state index contributed by atoms with van der Waals surface area (Å²) in [6, 6.07) is 0.0168. The molecule has 0 aliphatic carbocycles. The van der Waals surface area contributed by atoms with Gasteiger partial charge in [0.15, 0.2) is 0 Å². The summed E-state index contributed by atoms with van der Waals surface area (Å²) in [5.74, 6) is 0. The Labute approximate surface area is 90.9 Å². The molecule has 0 atom stereocenters. The van der Waals surface area contributed by atoms with Crippen molar-refractivity contribution in [3.8, 4) is 0 Å². The molecule has 0 bridgehead atoms. The second kappa shape index (κ2) is 6.63. The molecule has 0 N–H and O–H groups in total. The van der Waals surface area contributed by atoms with Gasteiger partial charge >= 0.3 is 6.03 Å². The Morgan fingerprint density at radius 1 is 1.07 bits per heavy atom. The third kappa shape index (κ3) is 3.68. The first-order chi connectivity index (χ1) is 7.29. The fourth-order valence-electron chi connectivity index (χ4n) is 1.49. The predicted molar refractivity (Wildman–Crippen MR) is 56.4 cm³/mol. The number of urea groups is 1. The highest BCUT2D eigenvalue weighted by atomic mass is 16.5. The highest BCUT2D eigenvalue weighted by Gasteiger charge is 2.24. The second-order valence-corrected chi connectivity index (χ2v) is 3.41. The number of hydrogen-bond donors (Lipinski definition) is 0. The lowest BCUT2D eigenvalue weighted by atomic mass is 10.3. The van der Waals surface area contributed by atoms with Gasteiger partial charge in [0.25, 0.3) is 0 Å². The first-order valence-electron chi connectivity index (χ1n) is 5.49. The van der Waals surface area contributed by atoms with Crippen molar-refractivity contribution in [2.45, 2.75) is 20.3 Å². The quantitative estimate of drug-likeness (QED) is 0.667. The first-order valence-corrected chi connectivity index (χ1v) is 5.49. The average Bonchev–Trinajstić information content (AvgIpc) is 2.26. The summed E-state index contributed by atoms with van der Waals surface area (Å²) in [6.07, 6.45) is 0.978. The predicted octanol–water partition coefficient (Wildman–Crippen LogP) is 1.10. The van der Waals surface area contributed by atoms with Crippen LogP contribution in [0.15, 0.2) is 0 Å². The number of ether oxygens (including phenoxy) is 2. The van der Waals surface area contributed by atoms with Gasteiger partial charge in [0.1, 0.15) is 13.5 Å². The molecule has 1 heterocycles. The molecule has 88 valence electrons. The molecule has 2 amide bonds. The van der Waals surface area contributed by atoms with E-state index in [9.17, 15) is 4.79 Å². The summed E-state index contributed by atoms with van der Waals surface area (Å²) in [5, 5.41) is 0.